The average molecular weight is 229 g/mol. The summed E-state index contributed by atoms with van der Waals surface area (Å²) in [4.78, 5) is 0.748. The van der Waals surface area contributed by atoms with E-state index < -0.39 is 0 Å². The Morgan fingerprint density at radius 3 is 2.50 bits per heavy atom. The second-order valence-electron chi connectivity index (χ2n) is 3.23. The van der Waals surface area contributed by atoms with E-state index in [9.17, 15) is 0 Å². The molecule has 1 aromatic carbocycles. The van der Waals surface area contributed by atoms with Gasteiger partial charge in [0.05, 0.1) is 0 Å². The molecule has 16 heavy (non-hydrogen) atoms. The smallest absolute Gasteiger partial charge is 0.106 e. The third-order valence-corrected chi connectivity index (χ3v) is 2.46. The van der Waals surface area contributed by atoms with Crippen LogP contribution in [0, 0.1) is 0 Å². The van der Waals surface area contributed by atoms with Gasteiger partial charge in [-0.05, 0) is 5.57 Å². The standard InChI is InChI=1S/C14H15NS/c1-3-8-12(4-2)11-15-14(16)13-9-6-5-7-10-13/h3-10H,1-2,11H2,(H,15,16)/b12-8+. The third kappa shape index (κ3) is 3.83. The van der Waals surface area contributed by atoms with Crippen LogP contribution in [0.1, 0.15) is 5.56 Å². The lowest BCUT2D eigenvalue weighted by molar-refractivity contribution is 1.02. The van der Waals surface area contributed by atoms with Crippen molar-refractivity contribution in [2.24, 2.45) is 0 Å². The molecule has 0 bridgehead atoms. The van der Waals surface area contributed by atoms with Gasteiger partial charge in [-0.15, -0.1) is 0 Å². The van der Waals surface area contributed by atoms with Crippen molar-refractivity contribution in [3.63, 3.8) is 0 Å². The molecule has 0 fully saturated rings. The van der Waals surface area contributed by atoms with Crippen molar-refractivity contribution in [3.8, 4) is 0 Å². The minimum Gasteiger partial charge on any atom is -0.372 e. The first kappa shape index (κ1) is 12.4. The molecule has 1 aromatic rings. The normalized spacial score (nSPS) is 10.6. The van der Waals surface area contributed by atoms with Crippen LogP contribution in [-0.2, 0) is 0 Å². The Balaban J connectivity index is 2.56. The van der Waals surface area contributed by atoms with Crippen LogP contribution in [0.3, 0.4) is 0 Å². The predicted molar refractivity (Wildman–Crippen MR) is 74.6 cm³/mol. The first-order valence-electron chi connectivity index (χ1n) is 5.05. The Hall–Kier alpha value is -1.67. The molecule has 1 rings (SSSR count). The first-order valence-corrected chi connectivity index (χ1v) is 5.46. The van der Waals surface area contributed by atoms with Crippen molar-refractivity contribution >= 4 is 17.2 Å². The quantitative estimate of drug-likeness (QED) is 0.614. The molecule has 0 aliphatic rings. The molecule has 1 N–H and O–H groups in total. The van der Waals surface area contributed by atoms with E-state index in [0.717, 1.165) is 16.1 Å². The zero-order valence-corrected chi connectivity index (χ0v) is 9.96. The Morgan fingerprint density at radius 1 is 1.25 bits per heavy atom. The Morgan fingerprint density at radius 2 is 1.94 bits per heavy atom. The number of allylic oxidation sites excluding steroid dienone is 2. The van der Waals surface area contributed by atoms with Gasteiger partial charge in [0.25, 0.3) is 0 Å². The van der Waals surface area contributed by atoms with Gasteiger partial charge in [0.1, 0.15) is 4.99 Å². The predicted octanol–water partition coefficient (Wildman–Crippen LogP) is 3.25. The lowest BCUT2D eigenvalue weighted by Crippen LogP contribution is -2.24. The maximum Gasteiger partial charge on any atom is 0.106 e. The molecule has 0 aliphatic carbocycles. The second kappa shape index (κ2) is 6.75. The van der Waals surface area contributed by atoms with E-state index in [4.69, 9.17) is 12.2 Å². The summed E-state index contributed by atoms with van der Waals surface area (Å²) in [5.74, 6) is 0. The van der Waals surface area contributed by atoms with Crippen LogP contribution in [0.15, 0.2) is 67.3 Å². The molecule has 0 spiro atoms. The first-order chi connectivity index (χ1) is 7.77. The SMILES string of the molecule is C=C/C=C(\C=C)CNC(=S)c1ccccc1. The zero-order chi connectivity index (χ0) is 11.8. The molecule has 0 atom stereocenters. The molecule has 0 radical (unpaired) electrons. The van der Waals surface area contributed by atoms with E-state index in [-0.39, 0.29) is 0 Å². The van der Waals surface area contributed by atoms with Gasteiger partial charge >= 0.3 is 0 Å². The summed E-state index contributed by atoms with van der Waals surface area (Å²) in [5, 5.41) is 3.18. The summed E-state index contributed by atoms with van der Waals surface area (Å²) in [6.45, 7) is 8.05. The molecule has 2 heteroatoms. The van der Waals surface area contributed by atoms with Crippen LogP contribution < -0.4 is 5.32 Å². The van der Waals surface area contributed by atoms with Gasteiger partial charge in [0.15, 0.2) is 0 Å². The molecule has 0 aromatic heterocycles. The lowest BCUT2D eigenvalue weighted by Gasteiger charge is -2.08. The Labute approximate surface area is 102 Å². The van der Waals surface area contributed by atoms with Crippen LogP contribution >= 0.6 is 12.2 Å². The van der Waals surface area contributed by atoms with Crippen LogP contribution in [0.25, 0.3) is 0 Å². The van der Waals surface area contributed by atoms with Gasteiger partial charge in [-0.3, -0.25) is 0 Å². The number of hydrogen-bond acceptors (Lipinski definition) is 1. The van der Waals surface area contributed by atoms with E-state index in [1.54, 1.807) is 12.2 Å². The van der Waals surface area contributed by atoms with Crippen LogP contribution in [0.2, 0.25) is 0 Å². The maximum atomic E-state index is 5.27. The van der Waals surface area contributed by atoms with E-state index in [1.807, 2.05) is 36.4 Å². The monoisotopic (exact) mass is 229 g/mol. The maximum absolute atomic E-state index is 5.27. The van der Waals surface area contributed by atoms with Crippen LogP contribution in [-0.4, -0.2) is 11.5 Å². The largest absolute Gasteiger partial charge is 0.372 e. The fraction of sp³-hybridized carbons (Fsp3) is 0.0714. The summed E-state index contributed by atoms with van der Waals surface area (Å²) in [6.07, 6.45) is 5.44. The van der Waals surface area contributed by atoms with Gasteiger partial charge in [-0.25, -0.2) is 0 Å². The molecular formula is C14H15NS. The Bertz CT molecular complexity index is 404. The van der Waals surface area contributed by atoms with E-state index in [1.165, 1.54) is 0 Å². The molecule has 1 nitrogen and oxygen atoms in total. The molecular weight excluding hydrogens is 214 g/mol. The zero-order valence-electron chi connectivity index (χ0n) is 9.15. The second-order valence-corrected chi connectivity index (χ2v) is 3.64. The van der Waals surface area contributed by atoms with Gasteiger partial charge in [0.2, 0.25) is 0 Å². The highest BCUT2D eigenvalue weighted by molar-refractivity contribution is 7.80. The highest BCUT2D eigenvalue weighted by Crippen LogP contribution is 2.00. The molecule has 0 unspecified atom stereocenters. The highest BCUT2D eigenvalue weighted by Gasteiger charge is 1.99. The lowest BCUT2D eigenvalue weighted by atomic mass is 10.2. The summed E-state index contributed by atoms with van der Waals surface area (Å²) >= 11 is 5.27. The van der Waals surface area contributed by atoms with Crippen molar-refractivity contribution < 1.29 is 0 Å². The van der Waals surface area contributed by atoms with Crippen LogP contribution in [0.5, 0.6) is 0 Å². The van der Waals surface area contributed by atoms with Gasteiger partial charge in [-0.1, -0.05) is 73.9 Å². The van der Waals surface area contributed by atoms with E-state index in [2.05, 4.69) is 18.5 Å². The summed E-state index contributed by atoms with van der Waals surface area (Å²) in [5.41, 5.74) is 2.09. The number of benzene rings is 1. The molecule has 0 saturated heterocycles. The molecule has 0 amide bonds. The fourth-order valence-electron chi connectivity index (χ4n) is 1.22. The Kier molecular flexibility index (Phi) is 5.23. The average Bonchev–Trinajstić information content (AvgIpc) is 2.35. The number of thiocarbonyl (C=S) groups is 1. The topological polar surface area (TPSA) is 12.0 Å². The number of nitrogens with one attached hydrogen (secondary N) is 1. The van der Waals surface area contributed by atoms with Crippen LogP contribution in [0.4, 0.5) is 0 Å². The summed E-state index contributed by atoms with van der Waals surface area (Å²) < 4.78 is 0. The minimum absolute atomic E-state index is 0.670. The summed E-state index contributed by atoms with van der Waals surface area (Å²) in [7, 11) is 0. The van der Waals surface area contributed by atoms with Crippen molar-refractivity contribution in [2.45, 2.75) is 0 Å². The van der Waals surface area contributed by atoms with Crippen molar-refractivity contribution in [3.05, 3.63) is 72.9 Å². The van der Waals surface area contributed by atoms with Gasteiger partial charge < -0.3 is 5.32 Å². The number of hydrogen-bond donors (Lipinski definition) is 1. The molecule has 82 valence electrons. The van der Waals surface area contributed by atoms with Crippen molar-refractivity contribution in [2.75, 3.05) is 6.54 Å². The number of rotatable bonds is 5. The van der Waals surface area contributed by atoms with Gasteiger partial charge in [0, 0.05) is 12.1 Å². The molecule has 0 saturated carbocycles. The molecule has 0 aliphatic heterocycles. The fourth-order valence-corrected chi connectivity index (χ4v) is 1.43. The van der Waals surface area contributed by atoms with E-state index >= 15 is 0 Å². The third-order valence-electron chi connectivity index (χ3n) is 2.08. The molecule has 0 heterocycles. The highest BCUT2D eigenvalue weighted by atomic mass is 32.1. The van der Waals surface area contributed by atoms with E-state index in [0.29, 0.717) is 6.54 Å². The minimum atomic E-state index is 0.670. The van der Waals surface area contributed by atoms with Crippen molar-refractivity contribution in [1.82, 2.24) is 5.32 Å². The van der Waals surface area contributed by atoms with Crippen molar-refractivity contribution in [1.29, 1.82) is 0 Å². The summed E-state index contributed by atoms with van der Waals surface area (Å²) in [6, 6.07) is 9.88. The van der Waals surface area contributed by atoms with Gasteiger partial charge in [-0.2, -0.15) is 0 Å².